The van der Waals surface area contributed by atoms with Crippen molar-refractivity contribution in [3.05, 3.63) is 59.2 Å². The normalized spacial score (nSPS) is 14.1. The maximum absolute atomic E-state index is 12.4. The number of hydrogen-bond acceptors (Lipinski definition) is 4. The minimum Gasteiger partial charge on any atom is -0.353 e. The minimum atomic E-state index is -0.143. The summed E-state index contributed by atoms with van der Waals surface area (Å²) in [4.78, 5) is 32.7. The number of hydrogen-bond donors (Lipinski definition) is 1. The number of aromatic nitrogens is 1. The van der Waals surface area contributed by atoms with Gasteiger partial charge in [0, 0.05) is 56.8 Å². The molecule has 142 valence electrons. The number of anilines is 1. The standard InChI is InChI=1S/C20H23ClN4O2/c21-17-6-2-1-5-16(17)15-23-19(26)8-9-20(27)25-13-11-24(12-14-25)18-7-3-4-10-22-18/h1-7,10H,8-9,11-15H2,(H,23,26). The maximum atomic E-state index is 12.4. The second-order valence-corrected chi connectivity index (χ2v) is 6.83. The van der Waals surface area contributed by atoms with E-state index in [1.54, 1.807) is 12.3 Å². The number of pyridine rings is 1. The third-order valence-electron chi connectivity index (χ3n) is 4.61. The van der Waals surface area contributed by atoms with Crippen molar-refractivity contribution in [1.82, 2.24) is 15.2 Å². The second kappa shape index (κ2) is 9.37. The fourth-order valence-electron chi connectivity index (χ4n) is 3.03. The van der Waals surface area contributed by atoms with E-state index in [4.69, 9.17) is 11.6 Å². The summed E-state index contributed by atoms with van der Waals surface area (Å²) in [5.74, 6) is 0.808. The number of carbonyl (C=O) groups is 2. The van der Waals surface area contributed by atoms with Crippen LogP contribution in [-0.4, -0.2) is 47.9 Å². The Morgan fingerprint density at radius 2 is 1.74 bits per heavy atom. The molecule has 1 fully saturated rings. The highest BCUT2D eigenvalue weighted by Gasteiger charge is 2.22. The topological polar surface area (TPSA) is 65.5 Å². The van der Waals surface area contributed by atoms with Crippen LogP contribution in [0.1, 0.15) is 18.4 Å². The predicted octanol–water partition coefficient (Wildman–Crippen LogP) is 2.48. The van der Waals surface area contributed by atoms with E-state index in [0.717, 1.165) is 24.5 Å². The van der Waals surface area contributed by atoms with Gasteiger partial charge in [0.2, 0.25) is 11.8 Å². The molecule has 1 aliphatic rings. The Hall–Kier alpha value is -2.60. The zero-order valence-electron chi connectivity index (χ0n) is 15.1. The lowest BCUT2D eigenvalue weighted by molar-refractivity contribution is -0.133. The summed E-state index contributed by atoms with van der Waals surface area (Å²) >= 11 is 6.07. The summed E-state index contributed by atoms with van der Waals surface area (Å²) in [6.07, 6.45) is 2.18. The van der Waals surface area contributed by atoms with Crippen LogP contribution in [0.25, 0.3) is 0 Å². The van der Waals surface area contributed by atoms with Crippen molar-refractivity contribution in [1.29, 1.82) is 0 Å². The monoisotopic (exact) mass is 386 g/mol. The van der Waals surface area contributed by atoms with E-state index in [9.17, 15) is 9.59 Å². The molecule has 0 saturated carbocycles. The molecule has 1 aromatic heterocycles. The highest BCUT2D eigenvalue weighted by molar-refractivity contribution is 6.31. The second-order valence-electron chi connectivity index (χ2n) is 6.42. The molecule has 0 spiro atoms. The van der Waals surface area contributed by atoms with Gasteiger partial charge in [0.15, 0.2) is 0 Å². The van der Waals surface area contributed by atoms with Gasteiger partial charge in [-0.3, -0.25) is 9.59 Å². The Kier molecular flexibility index (Phi) is 6.65. The summed E-state index contributed by atoms with van der Waals surface area (Å²) < 4.78 is 0. The van der Waals surface area contributed by atoms with Crippen molar-refractivity contribution < 1.29 is 9.59 Å². The highest BCUT2D eigenvalue weighted by atomic mass is 35.5. The number of nitrogens with zero attached hydrogens (tertiary/aromatic N) is 3. The van der Waals surface area contributed by atoms with E-state index in [0.29, 0.717) is 24.7 Å². The molecule has 6 nitrogen and oxygen atoms in total. The first kappa shape index (κ1) is 19.2. The number of benzene rings is 1. The average Bonchev–Trinajstić information content (AvgIpc) is 2.72. The molecule has 1 N–H and O–H groups in total. The minimum absolute atomic E-state index is 0.0172. The third-order valence-corrected chi connectivity index (χ3v) is 4.97. The molecule has 3 rings (SSSR count). The van der Waals surface area contributed by atoms with Gasteiger partial charge in [0.05, 0.1) is 0 Å². The number of piperazine rings is 1. The highest BCUT2D eigenvalue weighted by Crippen LogP contribution is 2.15. The van der Waals surface area contributed by atoms with Crippen LogP contribution in [0.15, 0.2) is 48.7 Å². The Labute approximate surface area is 164 Å². The molecule has 0 unspecified atom stereocenters. The molecule has 27 heavy (non-hydrogen) atoms. The number of halogens is 1. The van der Waals surface area contributed by atoms with Crippen LogP contribution < -0.4 is 10.2 Å². The predicted molar refractivity (Wildman–Crippen MR) is 106 cm³/mol. The van der Waals surface area contributed by atoms with Crippen molar-refractivity contribution in [2.24, 2.45) is 0 Å². The fraction of sp³-hybridized carbons (Fsp3) is 0.350. The molecule has 0 bridgehead atoms. The smallest absolute Gasteiger partial charge is 0.223 e. The SMILES string of the molecule is O=C(CCC(=O)N1CCN(c2ccccn2)CC1)NCc1ccccc1Cl. The zero-order chi connectivity index (χ0) is 19.1. The summed E-state index contributed by atoms with van der Waals surface area (Å²) in [5, 5.41) is 3.44. The van der Waals surface area contributed by atoms with E-state index < -0.39 is 0 Å². The van der Waals surface area contributed by atoms with Gasteiger partial charge in [-0.2, -0.15) is 0 Å². The number of nitrogens with one attached hydrogen (secondary N) is 1. The molecule has 2 amide bonds. The van der Waals surface area contributed by atoms with Gasteiger partial charge < -0.3 is 15.1 Å². The van der Waals surface area contributed by atoms with Crippen molar-refractivity contribution in [2.75, 3.05) is 31.1 Å². The first-order valence-corrected chi connectivity index (χ1v) is 9.45. The van der Waals surface area contributed by atoms with Crippen LogP contribution >= 0.6 is 11.6 Å². The van der Waals surface area contributed by atoms with E-state index in [-0.39, 0.29) is 24.7 Å². The molecule has 2 heterocycles. The Morgan fingerprint density at radius 3 is 2.44 bits per heavy atom. The number of rotatable bonds is 6. The quantitative estimate of drug-likeness (QED) is 0.828. The lowest BCUT2D eigenvalue weighted by Crippen LogP contribution is -2.49. The van der Waals surface area contributed by atoms with Gasteiger partial charge in [-0.25, -0.2) is 4.98 Å². The van der Waals surface area contributed by atoms with Crippen LogP contribution in [0.5, 0.6) is 0 Å². The van der Waals surface area contributed by atoms with Crippen molar-refractivity contribution in [3.8, 4) is 0 Å². The molecule has 0 atom stereocenters. The molecule has 1 aromatic carbocycles. The molecule has 1 aliphatic heterocycles. The van der Waals surface area contributed by atoms with Gasteiger partial charge in [0.25, 0.3) is 0 Å². The van der Waals surface area contributed by atoms with Gasteiger partial charge in [-0.1, -0.05) is 35.9 Å². The molecule has 0 radical (unpaired) electrons. The molecular formula is C20H23ClN4O2. The van der Waals surface area contributed by atoms with Gasteiger partial charge in [-0.15, -0.1) is 0 Å². The van der Waals surface area contributed by atoms with E-state index in [1.807, 2.05) is 41.3 Å². The molecule has 2 aromatic rings. The molecule has 7 heteroatoms. The van der Waals surface area contributed by atoms with Gasteiger partial charge in [-0.05, 0) is 23.8 Å². The molecule has 0 aliphatic carbocycles. The zero-order valence-corrected chi connectivity index (χ0v) is 15.9. The Morgan fingerprint density at radius 1 is 1.00 bits per heavy atom. The van der Waals surface area contributed by atoms with Gasteiger partial charge in [0.1, 0.15) is 5.82 Å². The van der Waals surface area contributed by atoms with Crippen molar-refractivity contribution in [3.63, 3.8) is 0 Å². The van der Waals surface area contributed by atoms with Crippen LogP contribution in [0.4, 0.5) is 5.82 Å². The third kappa shape index (κ3) is 5.44. The van der Waals surface area contributed by atoms with Crippen LogP contribution in [0.3, 0.4) is 0 Å². The van der Waals surface area contributed by atoms with Crippen LogP contribution in [0.2, 0.25) is 5.02 Å². The van der Waals surface area contributed by atoms with Gasteiger partial charge >= 0.3 is 0 Å². The summed E-state index contributed by atoms with van der Waals surface area (Å²) in [7, 11) is 0. The Balaban J connectivity index is 1.38. The maximum Gasteiger partial charge on any atom is 0.223 e. The lowest BCUT2D eigenvalue weighted by atomic mass is 10.2. The molecular weight excluding hydrogens is 364 g/mol. The first-order valence-electron chi connectivity index (χ1n) is 9.07. The van der Waals surface area contributed by atoms with Crippen LogP contribution in [0, 0.1) is 0 Å². The van der Waals surface area contributed by atoms with Crippen LogP contribution in [-0.2, 0) is 16.1 Å². The lowest BCUT2D eigenvalue weighted by Gasteiger charge is -2.35. The Bertz CT molecular complexity index is 777. The summed E-state index contributed by atoms with van der Waals surface area (Å²) in [6, 6.07) is 13.2. The number of amides is 2. The van der Waals surface area contributed by atoms with E-state index in [1.165, 1.54) is 0 Å². The summed E-state index contributed by atoms with van der Waals surface area (Å²) in [5.41, 5.74) is 0.865. The first-order chi connectivity index (χ1) is 13.1. The van der Waals surface area contributed by atoms with Crippen molar-refractivity contribution >= 4 is 29.2 Å². The van der Waals surface area contributed by atoms with E-state index in [2.05, 4.69) is 15.2 Å². The summed E-state index contributed by atoms with van der Waals surface area (Å²) in [6.45, 7) is 3.17. The average molecular weight is 387 g/mol. The number of carbonyl (C=O) groups excluding carboxylic acids is 2. The van der Waals surface area contributed by atoms with Crippen molar-refractivity contribution in [2.45, 2.75) is 19.4 Å². The fourth-order valence-corrected chi connectivity index (χ4v) is 3.23. The van der Waals surface area contributed by atoms with E-state index >= 15 is 0 Å². The largest absolute Gasteiger partial charge is 0.353 e. The molecule has 1 saturated heterocycles.